The minimum absolute atomic E-state index is 0.0332. The quantitative estimate of drug-likeness (QED) is 0.176. The lowest BCUT2D eigenvalue weighted by molar-refractivity contribution is -0.144. The smallest absolute Gasteiger partial charge is 0.431 e. The summed E-state index contributed by atoms with van der Waals surface area (Å²) in [5, 5.41) is 9.42. The summed E-state index contributed by atoms with van der Waals surface area (Å²) >= 11 is 0. The highest BCUT2D eigenvalue weighted by Gasteiger charge is 2.48. The van der Waals surface area contributed by atoms with Crippen LogP contribution in [-0.4, -0.2) is 100 Å². The summed E-state index contributed by atoms with van der Waals surface area (Å²) in [5.74, 6) is 0.877. The van der Waals surface area contributed by atoms with Crippen LogP contribution in [0.3, 0.4) is 0 Å². The third-order valence-electron chi connectivity index (χ3n) is 13.9. The third-order valence-corrected chi connectivity index (χ3v) is 13.9. The molecule has 63 heavy (non-hydrogen) atoms. The molecular formula is C50H56F3N7O3. The van der Waals surface area contributed by atoms with Gasteiger partial charge < -0.3 is 23.7 Å². The van der Waals surface area contributed by atoms with Crippen molar-refractivity contribution in [3.8, 4) is 22.9 Å². The first-order chi connectivity index (χ1) is 30.2. The first-order valence-corrected chi connectivity index (χ1v) is 22.0. The number of aromatic nitrogens is 2. The number of ether oxygens (including phenoxy) is 1. The molecule has 3 aromatic carbocycles. The fraction of sp³-hybridized carbons (Fsp3) is 0.420. The zero-order valence-corrected chi connectivity index (χ0v) is 36.8. The second kappa shape index (κ2) is 17.4. The molecule has 5 aromatic rings. The number of hydrogen-bond acceptors (Lipinski definition) is 6. The van der Waals surface area contributed by atoms with E-state index in [1.54, 1.807) is 6.07 Å². The van der Waals surface area contributed by atoms with E-state index in [1.165, 1.54) is 16.3 Å². The first-order valence-electron chi connectivity index (χ1n) is 22.0. The van der Waals surface area contributed by atoms with E-state index in [-0.39, 0.29) is 23.5 Å². The highest BCUT2D eigenvalue weighted by molar-refractivity contribution is 6.01. The maximum absolute atomic E-state index is 13.5. The number of nitrogens with zero attached hydrogens (tertiary/aromatic N) is 7. The average molecular weight is 860 g/mol. The molecule has 2 spiro atoms. The van der Waals surface area contributed by atoms with Crippen LogP contribution < -0.4 is 4.74 Å². The number of piperidine rings is 2. The number of carbonyl (C=O) groups is 2. The summed E-state index contributed by atoms with van der Waals surface area (Å²) in [6.07, 6.45) is -1.31. The molecule has 0 saturated carbocycles. The second-order valence-corrected chi connectivity index (χ2v) is 17.7. The van der Waals surface area contributed by atoms with Crippen molar-refractivity contribution in [1.29, 1.82) is 5.26 Å². The van der Waals surface area contributed by atoms with E-state index in [1.807, 2.05) is 116 Å². The number of benzene rings is 3. The standard InChI is InChI=1S/C26H26F3N3O.C24H30N4O2/c1-30-17-18-32-22(11-12-23(32)26(27,28)29)25(30)13-15-31(16-14-25)24(33)21-10-6-5-9-20(21)19-7-3-2-4-8-19;1-17(2)30-21-7-5-19(15-18(21)3)23(29)27-11-9-24(10-12-27)22-8-6-20(16-25)28(22)14-13-26(24)4/h2-12H,13-18H2,1H3;5-8,15,17H,9-14H2,1-4H3. The van der Waals surface area contributed by atoms with E-state index in [9.17, 15) is 28.0 Å². The van der Waals surface area contributed by atoms with Gasteiger partial charge in [-0.3, -0.25) is 19.4 Å². The molecule has 2 fully saturated rings. The number of likely N-dealkylation sites (tertiary alicyclic amines) is 2. The van der Waals surface area contributed by atoms with Gasteiger partial charge in [0.15, 0.2) is 0 Å². The lowest BCUT2D eigenvalue weighted by Gasteiger charge is -2.50. The van der Waals surface area contributed by atoms with Crippen LogP contribution in [0.5, 0.6) is 5.75 Å². The molecule has 2 amide bonds. The number of nitriles is 1. The normalized spacial score (nSPS) is 18.3. The lowest BCUT2D eigenvalue weighted by atomic mass is 9.81. The Morgan fingerprint density at radius 3 is 1.83 bits per heavy atom. The Kier molecular flexibility index (Phi) is 12.1. The van der Waals surface area contributed by atoms with Gasteiger partial charge in [0.05, 0.1) is 17.2 Å². The van der Waals surface area contributed by atoms with E-state index in [2.05, 4.69) is 33.6 Å². The summed E-state index contributed by atoms with van der Waals surface area (Å²) in [7, 11) is 4.14. The number of halogens is 3. The van der Waals surface area contributed by atoms with Crippen molar-refractivity contribution in [2.75, 3.05) is 53.4 Å². The van der Waals surface area contributed by atoms with Gasteiger partial charge in [0.25, 0.3) is 11.8 Å². The van der Waals surface area contributed by atoms with Gasteiger partial charge in [-0.25, -0.2) is 0 Å². The molecule has 4 aliphatic heterocycles. The van der Waals surface area contributed by atoms with Crippen molar-refractivity contribution in [1.82, 2.24) is 28.7 Å². The highest BCUT2D eigenvalue weighted by atomic mass is 19.4. The van der Waals surface area contributed by atoms with Crippen LogP contribution in [-0.2, 0) is 30.3 Å². The summed E-state index contributed by atoms with van der Waals surface area (Å²) < 4.78 is 49.9. The van der Waals surface area contributed by atoms with Crippen LogP contribution in [0.4, 0.5) is 13.2 Å². The molecule has 6 heterocycles. The van der Waals surface area contributed by atoms with Crippen molar-refractivity contribution >= 4 is 11.8 Å². The Morgan fingerprint density at radius 1 is 0.683 bits per heavy atom. The maximum atomic E-state index is 13.5. The number of alkyl halides is 3. The van der Waals surface area contributed by atoms with Crippen molar-refractivity contribution in [2.24, 2.45) is 0 Å². The monoisotopic (exact) mass is 859 g/mol. The molecule has 0 N–H and O–H groups in total. The van der Waals surface area contributed by atoms with Crippen molar-refractivity contribution < 1.29 is 27.5 Å². The highest BCUT2D eigenvalue weighted by Crippen LogP contribution is 2.45. The number of carbonyl (C=O) groups excluding carboxylic acids is 2. The van der Waals surface area contributed by atoms with Crippen LogP contribution in [0.15, 0.2) is 97.1 Å². The van der Waals surface area contributed by atoms with E-state index in [4.69, 9.17) is 4.74 Å². The average Bonchev–Trinajstić information content (AvgIpc) is 3.94. The number of rotatable bonds is 5. The molecule has 0 atom stereocenters. The van der Waals surface area contributed by atoms with Crippen LogP contribution in [0.1, 0.15) is 88.6 Å². The van der Waals surface area contributed by atoms with Crippen LogP contribution in [0.25, 0.3) is 11.1 Å². The predicted molar refractivity (Wildman–Crippen MR) is 236 cm³/mol. The van der Waals surface area contributed by atoms with Crippen molar-refractivity contribution in [3.05, 3.63) is 137 Å². The Hall–Kier alpha value is -5.84. The van der Waals surface area contributed by atoms with Gasteiger partial charge in [0.1, 0.15) is 23.2 Å². The number of amides is 2. The Morgan fingerprint density at radius 2 is 1.24 bits per heavy atom. The SMILES string of the molecule is CN1CCn2c(C(F)(F)F)ccc2C12CCN(C(=O)c1ccccc1-c1ccccc1)CC2.Cc1cc(C(=O)N2CCC3(CC2)c2ccc(C#N)n2CCN3C)ccc1OC(C)C. The number of fused-ring (bicyclic) bond motifs is 4. The zero-order valence-electron chi connectivity index (χ0n) is 36.8. The first kappa shape index (κ1) is 43.8. The molecule has 2 saturated heterocycles. The van der Waals surface area contributed by atoms with Crippen molar-refractivity contribution in [2.45, 2.75) is 82.9 Å². The van der Waals surface area contributed by atoms with E-state index >= 15 is 0 Å². The minimum atomic E-state index is -4.37. The Labute approximate surface area is 368 Å². The fourth-order valence-corrected chi connectivity index (χ4v) is 10.4. The van der Waals surface area contributed by atoms with E-state index in [0.717, 1.165) is 54.1 Å². The molecule has 10 nitrogen and oxygen atoms in total. The van der Waals surface area contributed by atoms with E-state index < -0.39 is 17.4 Å². The van der Waals surface area contributed by atoms with Crippen LogP contribution in [0, 0.1) is 18.3 Å². The summed E-state index contributed by atoms with van der Waals surface area (Å²) in [6, 6.07) is 32.3. The summed E-state index contributed by atoms with van der Waals surface area (Å²) in [5.41, 5.74) is 5.71. The zero-order chi connectivity index (χ0) is 44.7. The van der Waals surface area contributed by atoms with Gasteiger partial charge in [-0.2, -0.15) is 18.4 Å². The van der Waals surface area contributed by atoms with Crippen molar-refractivity contribution in [3.63, 3.8) is 0 Å². The molecule has 0 radical (unpaired) electrons. The molecular weight excluding hydrogens is 804 g/mol. The molecule has 0 bridgehead atoms. The Balaban J connectivity index is 0.000000174. The third kappa shape index (κ3) is 8.15. The summed E-state index contributed by atoms with van der Waals surface area (Å²) in [6.45, 7) is 11.0. The number of aryl methyl sites for hydroxylation is 1. The molecule has 2 aromatic heterocycles. The summed E-state index contributed by atoms with van der Waals surface area (Å²) in [4.78, 5) is 35.0. The number of hydrogen-bond donors (Lipinski definition) is 0. The van der Waals surface area contributed by atoms with Gasteiger partial charge in [0.2, 0.25) is 0 Å². The molecule has 330 valence electrons. The predicted octanol–water partition coefficient (Wildman–Crippen LogP) is 8.78. The molecule has 0 aliphatic carbocycles. The van der Waals surface area contributed by atoms with Gasteiger partial charge in [-0.1, -0.05) is 48.5 Å². The van der Waals surface area contributed by atoms with E-state index in [0.29, 0.717) is 68.9 Å². The van der Waals surface area contributed by atoms with Gasteiger partial charge in [-0.05, 0) is 126 Å². The van der Waals surface area contributed by atoms with Gasteiger partial charge in [0, 0.05) is 74.9 Å². The largest absolute Gasteiger partial charge is 0.491 e. The van der Waals surface area contributed by atoms with Gasteiger partial charge >= 0.3 is 6.18 Å². The molecule has 9 rings (SSSR count). The second-order valence-electron chi connectivity index (χ2n) is 17.7. The molecule has 0 unspecified atom stereocenters. The minimum Gasteiger partial charge on any atom is -0.491 e. The maximum Gasteiger partial charge on any atom is 0.431 e. The van der Waals surface area contributed by atoms with Crippen LogP contribution in [0.2, 0.25) is 0 Å². The lowest BCUT2D eigenvalue weighted by Crippen LogP contribution is -2.56. The topological polar surface area (TPSA) is 90.0 Å². The molecule has 4 aliphatic rings. The fourth-order valence-electron chi connectivity index (χ4n) is 10.4. The molecule has 13 heteroatoms. The van der Waals surface area contributed by atoms with Crippen LogP contribution >= 0.6 is 0 Å². The Bertz CT molecular complexity index is 2500. The van der Waals surface area contributed by atoms with Gasteiger partial charge in [-0.15, -0.1) is 0 Å². The number of likely N-dealkylation sites (N-methyl/N-ethyl adjacent to an activating group) is 2.